The number of hydrogen-bond donors (Lipinski definition) is 2. The van der Waals surface area contributed by atoms with Crippen LogP contribution in [-0.4, -0.2) is 23.1 Å². The third-order valence-electron chi connectivity index (χ3n) is 2.07. The summed E-state index contributed by atoms with van der Waals surface area (Å²) in [5, 5.41) is 19.6. The van der Waals surface area contributed by atoms with E-state index in [9.17, 15) is 0 Å². The first-order valence-corrected chi connectivity index (χ1v) is 5.18. The highest BCUT2D eigenvalue weighted by Gasteiger charge is 1.90. The van der Waals surface area contributed by atoms with Gasteiger partial charge in [-0.15, -0.1) is 5.16 Å². The standard InChI is InChI=1S/C10H21NO2/c12-10-8-6-4-2-1-3-5-7-9-11-13/h9,12-13H,1-8,10H2/b11-9+. The highest BCUT2D eigenvalue weighted by molar-refractivity contribution is 5.55. The van der Waals surface area contributed by atoms with Crippen LogP contribution in [0.15, 0.2) is 5.16 Å². The molecular weight excluding hydrogens is 166 g/mol. The van der Waals surface area contributed by atoms with Crippen molar-refractivity contribution in [3.63, 3.8) is 0 Å². The third-order valence-corrected chi connectivity index (χ3v) is 2.07. The molecule has 0 spiro atoms. The average Bonchev–Trinajstić information content (AvgIpc) is 2.16. The van der Waals surface area contributed by atoms with Crippen LogP contribution in [0.5, 0.6) is 0 Å². The molecule has 0 saturated carbocycles. The van der Waals surface area contributed by atoms with E-state index in [-0.39, 0.29) is 0 Å². The minimum Gasteiger partial charge on any atom is -0.411 e. The summed E-state index contributed by atoms with van der Waals surface area (Å²) in [7, 11) is 0. The molecular formula is C10H21NO2. The molecule has 13 heavy (non-hydrogen) atoms. The fourth-order valence-corrected chi connectivity index (χ4v) is 1.29. The zero-order valence-electron chi connectivity index (χ0n) is 8.28. The molecule has 0 fully saturated rings. The summed E-state index contributed by atoms with van der Waals surface area (Å²) < 4.78 is 0. The highest BCUT2D eigenvalue weighted by Crippen LogP contribution is 2.07. The van der Waals surface area contributed by atoms with Crippen LogP contribution in [0.1, 0.15) is 51.4 Å². The summed E-state index contributed by atoms with van der Waals surface area (Å²) in [6.45, 7) is 0.326. The first-order valence-electron chi connectivity index (χ1n) is 5.18. The quantitative estimate of drug-likeness (QED) is 0.252. The normalized spacial score (nSPS) is 11.2. The van der Waals surface area contributed by atoms with E-state index in [1.807, 2.05) is 0 Å². The number of oxime groups is 1. The van der Waals surface area contributed by atoms with Gasteiger partial charge in [0.1, 0.15) is 0 Å². The van der Waals surface area contributed by atoms with Crippen LogP contribution in [0, 0.1) is 0 Å². The second kappa shape index (κ2) is 11.4. The molecule has 0 atom stereocenters. The van der Waals surface area contributed by atoms with Crippen LogP contribution in [0.4, 0.5) is 0 Å². The van der Waals surface area contributed by atoms with Gasteiger partial charge in [0.05, 0.1) is 0 Å². The van der Waals surface area contributed by atoms with Gasteiger partial charge in [-0.2, -0.15) is 0 Å². The van der Waals surface area contributed by atoms with Crippen LogP contribution in [-0.2, 0) is 0 Å². The van der Waals surface area contributed by atoms with Gasteiger partial charge in [-0.3, -0.25) is 0 Å². The number of hydrogen-bond acceptors (Lipinski definition) is 3. The van der Waals surface area contributed by atoms with Crippen LogP contribution < -0.4 is 0 Å². The fourth-order valence-electron chi connectivity index (χ4n) is 1.29. The second-order valence-electron chi connectivity index (χ2n) is 3.29. The first kappa shape index (κ1) is 12.4. The highest BCUT2D eigenvalue weighted by atomic mass is 16.4. The number of rotatable bonds is 9. The molecule has 0 bridgehead atoms. The maximum absolute atomic E-state index is 8.53. The molecule has 0 aromatic carbocycles. The number of aliphatic hydroxyl groups is 1. The monoisotopic (exact) mass is 187 g/mol. The van der Waals surface area contributed by atoms with Crippen molar-refractivity contribution in [2.75, 3.05) is 6.61 Å². The summed E-state index contributed by atoms with van der Waals surface area (Å²) in [5.74, 6) is 0. The average molecular weight is 187 g/mol. The van der Waals surface area contributed by atoms with Gasteiger partial charge in [0.25, 0.3) is 0 Å². The number of nitrogens with zero attached hydrogens (tertiary/aromatic N) is 1. The molecule has 3 heteroatoms. The van der Waals surface area contributed by atoms with Gasteiger partial charge in [0.2, 0.25) is 0 Å². The summed E-state index contributed by atoms with van der Waals surface area (Å²) in [5.41, 5.74) is 0. The minimum atomic E-state index is 0.326. The zero-order valence-corrected chi connectivity index (χ0v) is 8.28. The second-order valence-corrected chi connectivity index (χ2v) is 3.29. The van der Waals surface area contributed by atoms with E-state index in [0.29, 0.717) is 6.61 Å². The van der Waals surface area contributed by atoms with E-state index >= 15 is 0 Å². The summed E-state index contributed by atoms with van der Waals surface area (Å²) in [4.78, 5) is 0. The van der Waals surface area contributed by atoms with Crippen LogP contribution in [0.3, 0.4) is 0 Å². The summed E-state index contributed by atoms with van der Waals surface area (Å²) in [6.07, 6.45) is 10.6. The third kappa shape index (κ3) is 11.4. The lowest BCUT2D eigenvalue weighted by Crippen LogP contribution is -1.84. The van der Waals surface area contributed by atoms with Crippen molar-refractivity contribution in [2.24, 2.45) is 5.16 Å². The summed E-state index contributed by atoms with van der Waals surface area (Å²) >= 11 is 0. The molecule has 0 heterocycles. The lowest BCUT2D eigenvalue weighted by atomic mass is 10.1. The van der Waals surface area contributed by atoms with Gasteiger partial charge in [-0.1, -0.05) is 32.1 Å². The molecule has 0 aliphatic heterocycles. The largest absolute Gasteiger partial charge is 0.411 e. The molecule has 0 amide bonds. The molecule has 0 rings (SSSR count). The molecule has 0 aromatic heterocycles. The maximum atomic E-state index is 8.53. The predicted octanol–water partition coefficient (Wildman–Crippen LogP) is 2.56. The molecule has 0 aliphatic carbocycles. The van der Waals surface area contributed by atoms with Gasteiger partial charge < -0.3 is 10.3 Å². The Bertz CT molecular complexity index is 115. The molecule has 0 unspecified atom stereocenters. The Morgan fingerprint density at radius 2 is 1.38 bits per heavy atom. The van der Waals surface area contributed by atoms with Crippen molar-refractivity contribution in [1.82, 2.24) is 0 Å². The van der Waals surface area contributed by atoms with Gasteiger partial charge in [-0.25, -0.2) is 0 Å². The fraction of sp³-hybridized carbons (Fsp3) is 0.900. The Morgan fingerprint density at radius 1 is 0.846 bits per heavy atom. The molecule has 0 aliphatic rings. The lowest BCUT2D eigenvalue weighted by molar-refractivity contribution is 0.282. The van der Waals surface area contributed by atoms with E-state index < -0.39 is 0 Å². The van der Waals surface area contributed by atoms with Gasteiger partial charge in [0, 0.05) is 12.8 Å². The van der Waals surface area contributed by atoms with Crippen molar-refractivity contribution >= 4 is 6.21 Å². The Balaban J connectivity index is 2.83. The number of aliphatic hydroxyl groups excluding tert-OH is 1. The molecule has 0 aromatic rings. The molecule has 78 valence electrons. The van der Waals surface area contributed by atoms with Crippen LogP contribution in [0.2, 0.25) is 0 Å². The van der Waals surface area contributed by atoms with Crippen molar-refractivity contribution in [3.05, 3.63) is 0 Å². The van der Waals surface area contributed by atoms with Crippen LogP contribution >= 0.6 is 0 Å². The Morgan fingerprint density at radius 3 is 1.92 bits per heavy atom. The Hall–Kier alpha value is -0.570. The van der Waals surface area contributed by atoms with E-state index in [1.54, 1.807) is 6.21 Å². The van der Waals surface area contributed by atoms with Crippen molar-refractivity contribution in [2.45, 2.75) is 51.4 Å². The maximum Gasteiger partial charge on any atom is 0.0435 e. The lowest BCUT2D eigenvalue weighted by Gasteiger charge is -1.98. The van der Waals surface area contributed by atoms with Gasteiger partial charge in [0.15, 0.2) is 0 Å². The van der Waals surface area contributed by atoms with E-state index in [2.05, 4.69) is 5.16 Å². The van der Waals surface area contributed by atoms with Crippen molar-refractivity contribution in [1.29, 1.82) is 0 Å². The molecule has 3 nitrogen and oxygen atoms in total. The van der Waals surface area contributed by atoms with E-state index in [1.165, 1.54) is 25.7 Å². The topological polar surface area (TPSA) is 52.8 Å². The summed E-state index contributed by atoms with van der Waals surface area (Å²) in [6, 6.07) is 0. The van der Waals surface area contributed by atoms with Crippen LogP contribution in [0.25, 0.3) is 0 Å². The molecule has 2 N–H and O–H groups in total. The zero-order chi connectivity index (χ0) is 9.78. The van der Waals surface area contributed by atoms with E-state index in [0.717, 1.165) is 25.7 Å². The smallest absolute Gasteiger partial charge is 0.0435 e. The minimum absolute atomic E-state index is 0.326. The van der Waals surface area contributed by atoms with Crippen molar-refractivity contribution < 1.29 is 10.3 Å². The van der Waals surface area contributed by atoms with E-state index in [4.69, 9.17) is 10.3 Å². The van der Waals surface area contributed by atoms with Gasteiger partial charge >= 0.3 is 0 Å². The molecule has 0 radical (unpaired) electrons. The van der Waals surface area contributed by atoms with Crippen molar-refractivity contribution in [3.8, 4) is 0 Å². The Kier molecular flexibility index (Phi) is 10.9. The molecule has 0 saturated heterocycles. The predicted molar refractivity (Wildman–Crippen MR) is 54.3 cm³/mol. The van der Waals surface area contributed by atoms with Gasteiger partial charge in [-0.05, 0) is 19.3 Å². The first-order chi connectivity index (χ1) is 6.41. The Labute approximate surface area is 80.5 Å². The number of unbranched alkanes of at least 4 members (excludes halogenated alkanes) is 7. The SMILES string of the molecule is OCCCCCCCCC/C=N/O.